The van der Waals surface area contributed by atoms with Crippen LogP contribution in [0.2, 0.25) is 0 Å². The number of carbonyl (C=O) groups is 1. The minimum atomic E-state index is -1.05. The van der Waals surface area contributed by atoms with E-state index < -0.39 is 46.5 Å². The van der Waals surface area contributed by atoms with Gasteiger partial charge in [-0.1, -0.05) is 18.7 Å². The number of esters is 1. The maximum atomic E-state index is 12.2. The van der Waals surface area contributed by atoms with Gasteiger partial charge in [0, 0.05) is 5.56 Å². The van der Waals surface area contributed by atoms with Crippen molar-refractivity contribution in [2.75, 3.05) is 24.7 Å². The lowest BCUT2D eigenvalue weighted by Gasteiger charge is -2.26. The van der Waals surface area contributed by atoms with Gasteiger partial charge < -0.3 is 28.8 Å². The van der Waals surface area contributed by atoms with Crippen LogP contribution >= 0.6 is 10.0 Å². The summed E-state index contributed by atoms with van der Waals surface area (Å²) < 4.78 is 28.9. The number of ether oxygens (including phenoxy) is 5. The van der Waals surface area contributed by atoms with Gasteiger partial charge in [-0.15, -0.1) is 0 Å². The van der Waals surface area contributed by atoms with Crippen LogP contribution in [0.3, 0.4) is 0 Å². The van der Waals surface area contributed by atoms with Crippen LogP contribution in [0, 0.1) is 0 Å². The second kappa shape index (κ2) is 6.74. The molecule has 28 heavy (non-hydrogen) atoms. The number of rotatable bonds is 4. The zero-order chi connectivity index (χ0) is 20.3. The summed E-state index contributed by atoms with van der Waals surface area (Å²) in [5, 5.41) is 10.0. The minimum absolute atomic E-state index is 0.283. The van der Waals surface area contributed by atoms with Gasteiger partial charge in [-0.25, -0.2) is 14.8 Å². The number of hydrogen-bond donors (Lipinski definition) is 1. The summed E-state index contributed by atoms with van der Waals surface area (Å²) in [6.45, 7) is 5.48. The molecule has 0 aliphatic carbocycles. The van der Waals surface area contributed by atoms with E-state index >= 15 is 0 Å². The summed E-state index contributed by atoms with van der Waals surface area (Å²) in [5.41, 5.74) is 1.22. The summed E-state index contributed by atoms with van der Waals surface area (Å²) in [5.74, 6) is -0.679. The van der Waals surface area contributed by atoms with E-state index in [2.05, 4.69) is 25.3 Å². The highest BCUT2D eigenvalue weighted by atomic mass is 32.3. The molecule has 3 aliphatic rings. The molecule has 0 bridgehead atoms. The minimum Gasteiger partial charge on any atom is -0.487 e. The lowest BCUT2D eigenvalue weighted by molar-refractivity contribution is -0.230. The highest BCUT2D eigenvalue weighted by molar-refractivity contribution is 8.32. The van der Waals surface area contributed by atoms with Crippen LogP contribution in [0.4, 0.5) is 0 Å². The molecule has 3 aliphatic heterocycles. The van der Waals surface area contributed by atoms with E-state index in [-0.39, 0.29) is 11.7 Å². The largest absolute Gasteiger partial charge is 0.487 e. The Balaban J connectivity index is 1.44. The Labute approximate surface area is 165 Å². The normalized spacial score (nSPS) is 37.3. The number of aliphatic hydroxyl groups is 1. The van der Waals surface area contributed by atoms with Crippen LogP contribution in [0.15, 0.2) is 36.6 Å². The number of aliphatic hydroxyl groups excluding tert-OH is 1. The Hall–Kier alpha value is -1.58. The third-order valence-corrected chi connectivity index (χ3v) is 5.85. The smallest absolute Gasteiger partial charge is 0.338 e. The van der Waals surface area contributed by atoms with E-state index in [9.17, 15) is 9.90 Å². The van der Waals surface area contributed by atoms with Crippen LogP contribution in [-0.4, -0.2) is 66.5 Å². The predicted octanol–water partition coefficient (Wildman–Crippen LogP) is 2.08. The summed E-state index contributed by atoms with van der Waals surface area (Å²) in [6, 6.07) is 6.96. The fraction of sp³-hybridized carbons (Fsp3) is 0.550. The first-order valence-corrected chi connectivity index (χ1v) is 12.1. The highest BCUT2D eigenvalue weighted by Crippen LogP contribution is 2.47. The summed E-state index contributed by atoms with van der Waals surface area (Å²) in [4.78, 5) is 12.2. The lowest BCUT2D eigenvalue weighted by atomic mass is 10.0. The standard InChI is InChI=1S/C20H26O7S/c1-11-14(21)15-16(24-11)17-19(25-15)27-20(2,26-17)13-8-6-12(7-9-13)18(22)23-10-28(3,4)5/h6-9,14-17,19,21H,1,10H2,2-5H3. The molecule has 7 nitrogen and oxygen atoms in total. The van der Waals surface area contributed by atoms with Crippen molar-refractivity contribution >= 4 is 16.0 Å². The second-order valence-electron chi connectivity index (χ2n) is 8.33. The molecule has 0 amide bonds. The number of hydrogen-bond acceptors (Lipinski definition) is 7. The molecule has 6 unspecified atom stereocenters. The van der Waals surface area contributed by atoms with Gasteiger partial charge in [-0.2, -0.15) is 0 Å². The molecule has 1 aromatic carbocycles. The van der Waals surface area contributed by atoms with Crippen molar-refractivity contribution in [2.24, 2.45) is 0 Å². The molecular weight excluding hydrogens is 384 g/mol. The van der Waals surface area contributed by atoms with Crippen molar-refractivity contribution in [3.63, 3.8) is 0 Å². The van der Waals surface area contributed by atoms with Gasteiger partial charge in [-0.05, 0) is 37.8 Å². The molecule has 3 heterocycles. The van der Waals surface area contributed by atoms with E-state index in [0.717, 1.165) is 5.56 Å². The first-order chi connectivity index (χ1) is 13.1. The Morgan fingerprint density at radius 2 is 1.86 bits per heavy atom. The quantitative estimate of drug-likeness (QED) is 0.761. The highest BCUT2D eigenvalue weighted by Gasteiger charge is 2.62. The number of carbonyl (C=O) groups excluding carboxylic acids is 1. The van der Waals surface area contributed by atoms with Crippen LogP contribution in [0.1, 0.15) is 22.8 Å². The molecule has 1 aromatic rings. The van der Waals surface area contributed by atoms with Crippen molar-refractivity contribution in [3.8, 4) is 0 Å². The Morgan fingerprint density at radius 3 is 2.50 bits per heavy atom. The molecular formula is C20H26O7S. The molecule has 0 radical (unpaired) electrons. The second-order valence-corrected chi connectivity index (χ2v) is 12.7. The first-order valence-electron chi connectivity index (χ1n) is 9.06. The third kappa shape index (κ3) is 3.44. The summed E-state index contributed by atoms with van der Waals surface area (Å²) >= 11 is 0. The van der Waals surface area contributed by atoms with Crippen molar-refractivity contribution in [3.05, 3.63) is 47.7 Å². The molecule has 3 fully saturated rings. The molecule has 8 heteroatoms. The third-order valence-electron chi connectivity index (χ3n) is 5.03. The maximum absolute atomic E-state index is 12.2. The molecule has 4 rings (SSSR count). The molecule has 0 aromatic heterocycles. The summed E-state index contributed by atoms with van der Waals surface area (Å²) in [7, 11) is -0.915. The summed E-state index contributed by atoms with van der Waals surface area (Å²) in [6.07, 6.45) is 3.29. The van der Waals surface area contributed by atoms with Gasteiger partial charge in [0.2, 0.25) is 0 Å². The van der Waals surface area contributed by atoms with Crippen LogP contribution in [0.25, 0.3) is 0 Å². The predicted molar refractivity (Wildman–Crippen MR) is 104 cm³/mol. The van der Waals surface area contributed by atoms with Crippen molar-refractivity contribution in [1.82, 2.24) is 0 Å². The molecule has 6 atom stereocenters. The Bertz CT molecular complexity index is 787. The number of fused-ring (bicyclic) bond motifs is 3. The monoisotopic (exact) mass is 410 g/mol. The van der Waals surface area contributed by atoms with Gasteiger partial charge in [0.05, 0.1) is 5.56 Å². The molecule has 3 saturated heterocycles. The zero-order valence-corrected chi connectivity index (χ0v) is 17.2. The van der Waals surface area contributed by atoms with E-state index in [1.54, 1.807) is 31.2 Å². The molecule has 0 spiro atoms. The van der Waals surface area contributed by atoms with Crippen molar-refractivity contribution in [1.29, 1.82) is 0 Å². The molecule has 154 valence electrons. The number of benzene rings is 1. The van der Waals surface area contributed by atoms with Gasteiger partial charge in [-0.3, -0.25) is 0 Å². The maximum Gasteiger partial charge on any atom is 0.338 e. The lowest BCUT2D eigenvalue weighted by Crippen LogP contribution is -2.35. The van der Waals surface area contributed by atoms with Crippen LogP contribution in [-0.2, 0) is 29.5 Å². The van der Waals surface area contributed by atoms with E-state index in [1.807, 2.05) is 0 Å². The van der Waals surface area contributed by atoms with E-state index in [4.69, 9.17) is 23.7 Å². The van der Waals surface area contributed by atoms with E-state index in [1.165, 1.54) is 0 Å². The average molecular weight is 410 g/mol. The zero-order valence-electron chi connectivity index (χ0n) is 16.4. The van der Waals surface area contributed by atoms with Gasteiger partial charge in [0.25, 0.3) is 0 Å². The van der Waals surface area contributed by atoms with Gasteiger partial charge in [0.1, 0.15) is 23.9 Å². The average Bonchev–Trinajstić information content (AvgIpc) is 3.22. The van der Waals surface area contributed by atoms with Crippen molar-refractivity contribution < 1.29 is 33.6 Å². The fourth-order valence-corrected chi connectivity index (χ4v) is 4.01. The van der Waals surface area contributed by atoms with Crippen molar-refractivity contribution in [2.45, 2.75) is 43.4 Å². The SMILES string of the molecule is C=C1OC2C3OC(C)(c4ccc(C(=O)OCS(C)(C)C)cc4)OC3OC2C1O. The Kier molecular flexibility index (Phi) is 4.75. The Morgan fingerprint density at radius 1 is 1.18 bits per heavy atom. The van der Waals surface area contributed by atoms with Gasteiger partial charge >= 0.3 is 5.97 Å². The molecule has 0 saturated carbocycles. The first kappa shape index (κ1) is 19.7. The molecule has 1 N–H and O–H groups in total. The van der Waals surface area contributed by atoms with Gasteiger partial charge in [0.15, 0.2) is 24.3 Å². The topological polar surface area (TPSA) is 83.5 Å². The van der Waals surface area contributed by atoms with Crippen LogP contribution in [0.5, 0.6) is 0 Å². The fourth-order valence-electron chi connectivity index (χ4n) is 3.55. The van der Waals surface area contributed by atoms with Crippen LogP contribution < -0.4 is 0 Å². The van der Waals surface area contributed by atoms with E-state index in [0.29, 0.717) is 11.5 Å².